The van der Waals surface area contributed by atoms with Gasteiger partial charge in [-0.15, -0.1) is 0 Å². The molecule has 0 saturated heterocycles. The molecule has 0 unspecified atom stereocenters. The molecule has 0 aliphatic rings. The predicted molar refractivity (Wildman–Crippen MR) is 37.9 cm³/mol. The first-order valence-electron chi connectivity index (χ1n) is 2.89. The quantitative estimate of drug-likeness (QED) is 0.384. The van der Waals surface area contributed by atoms with E-state index in [4.69, 9.17) is 10.9 Å². The highest BCUT2D eigenvalue weighted by Crippen LogP contribution is 2.06. The number of hydrogen-bond acceptors (Lipinski definition) is 4. The van der Waals surface area contributed by atoms with Crippen LogP contribution >= 0.6 is 0 Å². The molecule has 4 N–H and O–H groups in total. The van der Waals surface area contributed by atoms with E-state index in [2.05, 4.69) is 4.98 Å². The zero-order valence-electron chi connectivity index (χ0n) is 5.61. The lowest BCUT2D eigenvalue weighted by atomic mass is 10.2. The van der Waals surface area contributed by atoms with Crippen LogP contribution in [0, 0.1) is 0 Å². The van der Waals surface area contributed by atoms with Crippen LogP contribution in [0.3, 0.4) is 0 Å². The second kappa shape index (κ2) is 2.98. The van der Waals surface area contributed by atoms with Gasteiger partial charge in [-0.2, -0.15) is 0 Å². The summed E-state index contributed by atoms with van der Waals surface area (Å²) in [6.45, 7) is 0. The normalized spacial score (nSPS) is 9.18. The number of nitrogens with two attached hydrogens (primary N) is 1. The maximum atomic E-state index is 10.8. The van der Waals surface area contributed by atoms with E-state index in [9.17, 15) is 4.79 Å². The van der Waals surface area contributed by atoms with Crippen LogP contribution in [0.2, 0.25) is 0 Å². The monoisotopic (exact) mass is 153 g/mol. The Balaban J connectivity index is 3.03. The zero-order chi connectivity index (χ0) is 8.27. The lowest BCUT2D eigenvalue weighted by Gasteiger charge is -2.00. The highest BCUT2D eigenvalue weighted by Gasteiger charge is 2.06. The zero-order valence-corrected chi connectivity index (χ0v) is 5.61. The summed E-state index contributed by atoms with van der Waals surface area (Å²) in [5.74, 6) is -0.634. The molecule has 1 aromatic heterocycles. The van der Waals surface area contributed by atoms with Gasteiger partial charge in [-0.1, -0.05) is 0 Å². The van der Waals surface area contributed by atoms with Crippen molar-refractivity contribution in [1.82, 2.24) is 10.5 Å². The van der Waals surface area contributed by atoms with Crippen LogP contribution in [0.4, 0.5) is 5.69 Å². The Morgan fingerprint density at radius 1 is 1.73 bits per heavy atom. The van der Waals surface area contributed by atoms with Crippen LogP contribution in [0.25, 0.3) is 0 Å². The molecule has 1 aromatic rings. The number of nitrogens with one attached hydrogen (secondary N) is 1. The first-order valence-corrected chi connectivity index (χ1v) is 2.89. The van der Waals surface area contributed by atoms with Crippen molar-refractivity contribution in [2.45, 2.75) is 0 Å². The van der Waals surface area contributed by atoms with Gasteiger partial charge >= 0.3 is 0 Å². The topological polar surface area (TPSA) is 88.2 Å². The van der Waals surface area contributed by atoms with Crippen LogP contribution in [-0.2, 0) is 0 Å². The van der Waals surface area contributed by atoms with E-state index >= 15 is 0 Å². The van der Waals surface area contributed by atoms with Crippen LogP contribution in [0.1, 0.15) is 10.4 Å². The third-order valence-corrected chi connectivity index (χ3v) is 1.20. The van der Waals surface area contributed by atoms with Crippen molar-refractivity contribution in [3.8, 4) is 0 Å². The molecule has 11 heavy (non-hydrogen) atoms. The van der Waals surface area contributed by atoms with Gasteiger partial charge in [0.1, 0.15) is 0 Å². The average Bonchev–Trinajstić information content (AvgIpc) is 2.04. The Kier molecular flexibility index (Phi) is 2.03. The standard InChI is InChI=1S/C6H7N3O2/c7-5-3-8-2-1-4(5)6(10)9-11/h1-3,11H,7H2,(H,9,10). The largest absolute Gasteiger partial charge is 0.397 e. The molecular weight excluding hydrogens is 146 g/mol. The van der Waals surface area contributed by atoms with E-state index in [0.29, 0.717) is 0 Å². The number of amides is 1. The molecule has 5 nitrogen and oxygen atoms in total. The second-order valence-corrected chi connectivity index (χ2v) is 1.90. The van der Waals surface area contributed by atoms with Gasteiger partial charge in [-0.25, -0.2) is 5.48 Å². The fourth-order valence-corrected chi connectivity index (χ4v) is 0.674. The van der Waals surface area contributed by atoms with Gasteiger partial charge in [0, 0.05) is 6.20 Å². The molecular formula is C6H7N3O2. The minimum atomic E-state index is -0.634. The molecule has 0 aliphatic heterocycles. The predicted octanol–water partition coefficient (Wildman–Crippen LogP) is -0.217. The third-order valence-electron chi connectivity index (χ3n) is 1.20. The number of hydroxylamine groups is 1. The van der Waals surface area contributed by atoms with Crippen molar-refractivity contribution in [3.63, 3.8) is 0 Å². The van der Waals surface area contributed by atoms with Crippen LogP contribution < -0.4 is 11.2 Å². The van der Waals surface area contributed by atoms with Gasteiger partial charge in [0.05, 0.1) is 17.4 Å². The molecule has 0 aliphatic carbocycles. The maximum Gasteiger partial charge on any atom is 0.276 e. The van der Waals surface area contributed by atoms with E-state index in [-0.39, 0.29) is 11.3 Å². The van der Waals surface area contributed by atoms with Crippen molar-refractivity contribution in [1.29, 1.82) is 0 Å². The number of carbonyl (C=O) groups excluding carboxylic acids is 1. The summed E-state index contributed by atoms with van der Waals surface area (Å²) in [7, 11) is 0. The minimum absolute atomic E-state index is 0.211. The van der Waals surface area contributed by atoms with E-state index in [1.807, 2.05) is 0 Å². The van der Waals surface area contributed by atoms with Crippen molar-refractivity contribution >= 4 is 11.6 Å². The van der Waals surface area contributed by atoms with Crippen LogP contribution in [0.5, 0.6) is 0 Å². The fourth-order valence-electron chi connectivity index (χ4n) is 0.674. The maximum absolute atomic E-state index is 10.8. The fraction of sp³-hybridized carbons (Fsp3) is 0. The number of carbonyl (C=O) groups is 1. The molecule has 0 radical (unpaired) electrons. The number of anilines is 1. The van der Waals surface area contributed by atoms with Gasteiger partial charge in [-0.05, 0) is 6.07 Å². The summed E-state index contributed by atoms with van der Waals surface area (Å²) in [5, 5.41) is 8.24. The molecule has 0 saturated carbocycles. The van der Waals surface area contributed by atoms with Crippen molar-refractivity contribution in [2.75, 3.05) is 5.73 Å². The van der Waals surface area contributed by atoms with Crippen LogP contribution in [0.15, 0.2) is 18.5 Å². The molecule has 0 atom stereocenters. The van der Waals surface area contributed by atoms with E-state index in [1.165, 1.54) is 23.9 Å². The lowest BCUT2D eigenvalue weighted by molar-refractivity contribution is 0.0707. The van der Waals surface area contributed by atoms with Crippen LogP contribution in [-0.4, -0.2) is 16.1 Å². The first kappa shape index (κ1) is 7.49. The number of nitrogens with zero attached hydrogens (tertiary/aromatic N) is 1. The minimum Gasteiger partial charge on any atom is -0.397 e. The number of aromatic nitrogens is 1. The summed E-state index contributed by atoms with van der Waals surface area (Å²) in [4.78, 5) is 14.4. The first-order chi connectivity index (χ1) is 5.25. The molecule has 0 spiro atoms. The highest BCUT2D eigenvalue weighted by atomic mass is 16.5. The third kappa shape index (κ3) is 1.44. The van der Waals surface area contributed by atoms with Gasteiger partial charge in [0.15, 0.2) is 0 Å². The molecule has 0 aromatic carbocycles. The smallest absolute Gasteiger partial charge is 0.276 e. The van der Waals surface area contributed by atoms with Gasteiger partial charge in [0.2, 0.25) is 0 Å². The summed E-state index contributed by atoms with van der Waals surface area (Å²) in [6, 6.07) is 1.42. The number of rotatable bonds is 1. The van der Waals surface area contributed by atoms with Crippen molar-refractivity contribution in [2.24, 2.45) is 0 Å². The van der Waals surface area contributed by atoms with Gasteiger partial charge in [-0.3, -0.25) is 15.0 Å². The number of hydrogen-bond donors (Lipinski definition) is 3. The Hall–Kier alpha value is -1.62. The SMILES string of the molecule is Nc1cnccc1C(=O)NO. The number of pyridine rings is 1. The Labute approximate surface area is 62.8 Å². The average molecular weight is 153 g/mol. The van der Waals surface area contributed by atoms with E-state index in [0.717, 1.165) is 0 Å². The molecule has 1 rings (SSSR count). The summed E-state index contributed by atoms with van der Waals surface area (Å²) < 4.78 is 0. The molecule has 1 heterocycles. The van der Waals surface area contributed by atoms with E-state index < -0.39 is 5.91 Å². The Bertz CT molecular complexity index is 274. The van der Waals surface area contributed by atoms with E-state index in [1.54, 1.807) is 0 Å². The van der Waals surface area contributed by atoms with Gasteiger partial charge < -0.3 is 5.73 Å². The highest BCUT2D eigenvalue weighted by molar-refractivity contribution is 5.98. The molecule has 0 bridgehead atoms. The van der Waals surface area contributed by atoms with Crippen molar-refractivity contribution < 1.29 is 10.0 Å². The summed E-state index contributed by atoms with van der Waals surface area (Å²) in [5.41, 5.74) is 7.28. The Morgan fingerprint density at radius 3 is 3.00 bits per heavy atom. The molecule has 5 heteroatoms. The molecule has 0 fully saturated rings. The summed E-state index contributed by atoms with van der Waals surface area (Å²) >= 11 is 0. The summed E-state index contributed by atoms with van der Waals surface area (Å²) in [6.07, 6.45) is 2.76. The second-order valence-electron chi connectivity index (χ2n) is 1.90. The molecule has 58 valence electrons. The van der Waals surface area contributed by atoms with Gasteiger partial charge in [0.25, 0.3) is 5.91 Å². The lowest BCUT2D eigenvalue weighted by Crippen LogP contribution is -2.19. The van der Waals surface area contributed by atoms with Crippen molar-refractivity contribution in [3.05, 3.63) is 24.0 Å². The number of nitrogen functional groups attached to an aromatic ring is 1. The Morgan fingerprint density at radius 2 is 2.45 bits per heavy atom. The molecule has 1 amide bonds.